The quantitative estimate of drug-likeness (QED) is 0.386. The molecule has 0 aliphatic heterocycles. The van der Waals surface area contributed by atoms with Crippen LogP contribution in [0.3, 0.4) is 0 Å². The Kier molecular flexibility index (Phi) is 5.43. The minimum Gasteiger partial charge on any atom is -0.360 e. The van der Waals surface area contributed by atoms with Crippen LogP contribution in [0, 0.1) is 6.92 Å². The molecule has 5 rings (SSSR count). The van der Waals surface area contributed by atoms with Crippen LogP contribution in [0.4, 0.5) is 5.82 Å². The third kappa shape index (κ3) is 3.89. The molecule has 0 bridgehead atoms. The normalized spacial score (nSPS) is 11.3. The molecule has 0 fully saturated rings. The highest BCUT2D eigenvalue weighted by Gasteiger charge is 2.19. The third-order valence-electron chi connectivity index (χ3n) is 5.23. The van der Waals surface area contributed by atoms with Crippen molar-refractivity contribution in [2.75, 3.05) is 11.1 Å². The van der Waals surface area contributed by atoms with Crippen LogP contribution < -0.4 is 10.9 Å². The molecule has 2 aromatic carbocycles. The monoisotopic (exact) mass is 460 g/mol. The van der Waals surface area contributed by atoms with Gasteiger partial charge < -0.3 is 9.84 Å². The number of anilines is 1. The molecule has 0 saturated carbocycles. The van der Waals surface area contributed by atoms with E-state index >= 15 is 0 Å². The van der Waals surface area contributed by atoms with Gasteiger partial charge in [-0.3, -0.25) is 14.0 Å². The van der Waals surface area contributed by atoms with Crippen LogP contribution in [0.2, 0.25) is 0 Å². The average Bonchev–Trinajstić information content (AvgIpc) is 3.44. The number of benzene rings is 2. The van der Waals surface area contributed by atoms with E-state index in [1.165, 1.54) is 17.3 Å². The summed E-state index contributed by atoms with van der Waals surface area (Å²) in [7, 11) is 0. The molecule has 1 N–H and O–H groups in total. The minimum atomic E-state index is -0.252. The summed E-state index contributed by atoms with van der Waals surface area (Å²) in [6.07, 6.45) is 0.907. The van der Waals surface area contributed by atoms with Gasteiger partial charge in [0.25, 0.3) is 5.56 Å². The SMILES string of the molecule is CCc1ccc(-n2c(=O)c3ccccc3n3c(SCC(=O)Nc4cc(C)on4)nnc23)cc1. The summed E-state index contributed by atoms with van der Waals surface area (Å²) in [6.45, 7) is 3.83. The van der Waals surface area contributed by atoms with E-state index in [1.807, 2.05) is 46.9 Å². The van der Waals surface area contributed by atoms with Gasteiger partial charge in [-0.05, 0) is 43.2 Å². The first kappa shape index (κ1) is 21.0. The summed E-state index contributed by atoms with van der Waals surface area (Å²) in [4.78, 5) is 25.8. The van der Waals surface area contributed by atoms with Crippen LogP contribution in [-0.4, -0.2) is 36.0 Å². The maximum atomic E-state index is 13.4. The maximum absolute atomic E-state index is 13.4. The lowest BCUT2D eigenvalue weighted by Crippen LogP contribution is -2.22. The fourth-order valence-electron chi connectivity index (χ4n) is 3.62. The van der Waals surface area contributed by atoms with Gasteiger partial charge >= 0.3 is 0 Å². The van der Waals surface area contributed by atoms with Crippen molar-refractivity contribution in [1.29, 1.82) is 0 Å². The lowest BCUT2D eigenvalue weighted by atomic mass is 10.1. The van der Waals surface area contributed by atoms with E-state index in [1.54, 1.807) is 23.6 Å². The number of fused-ring (bicyclic) bond motifs is 3. The fraction of sp³-hybridized carbons (Fsp3) is 0.174. The van der Waals surface area contributed by atoms with Gasteiger partial charge in [-0.15, -0.1) is 10.2 Å². The van der Waals surface area contributed by atoms with E-state index in [0.717, 1.165) is 6.42 Å². The van der Waals surface area contributed by atoms with E-state index in [9.17, 15) is 9.59 Å². The predicted molar refractivity (Wildman–Crippen MR) is 126 cm³/mol. The van der Waals surface area contributed by atoms with Crippen LogP contribution >= 0.6 is 11.8 Å². The smallest absolute Gasteiger partial charge is 0.267 e. The topological polar surface area (TPSA) is 107 Å². The largest absolute Gasteiger partial charge is 0.360 e. The zero-order valence-corrected chi connectivity index (χ0v) is 18.8. The molecule has 1 amide bonds. The minimum absolute atomic E-state index is 0.0886. The molecule has 0 saturated heterocycles. The number of aryl methyl sites for hydroxylation is 2. The Labute approximate surface area is 192 Å². The number of amides is 1. The van der Waals surface area contributed by atoms with Crippen molar-refractivity contribution in [3.8, 4) is 5.69 Å². The Bertz CT molecular complexity index is 1530. The van der Waals surface area contributed by atoms with E-state index < -0.39 is 0 Å². The molecule has 0 radical (unpaired) electrons. The van der Waals surface area contributed by atoms with E-state index in [-0.39, 0.29) is 17.2 Å². The standard InChI is InChI=1S/C23H20N6O3S/c1-3-15-8-10-16(11-9-15)28-21(31)17-6-4-5-7-18(17)29-22(28)25-26-23(29)33-13-20(30)24-19-12-14(2)32-27-19/h4-12H,3,13H2,1-2H3,(H,24,27,30). The summed E-state index contributed by atoms with van der Waals surface area (Å²) in [5.74, 6) is 1.19. The van der Waals surface area contributed by atoms with Crippen LogP contribution in [-0.2, 0) is 11.2 Å². The molecule has 0 unspecified atom stereocenters. The first-order chi connectivity index (χ1) is 16.0. The zero-order valence-electron chi connectivity index (χ0n) is 18.0. The number of thioether (sulfide) groups is 1. The Hall–Kier alpha value is -3.92. The molecule has 0 atom stereocenters. The van der Waals surface area contributed by atoms with Gasteiger partial charge in [0.15, 0.2) is 11.0 Å². The van der Waals surface area contributed by atoms with Gasteiger partial charge in [-0.1, -0.05) is 48.1 Å². The molecular weight excluding hydrogens is 440 g/mol. The van der Waals surface area contributed by atoms with Gasteiger partial charge in [-0.2, -0.15) is 0 Å². The summed E-state index contributed by atoms with van der Waals surface area (Å²) in [5, 5.41) is 16.1. The molecular formula is C23H20N6O3S. The second-order valence-electron chi connectivity index (χ2n) is 7.46. The first-order valence-corrected chi connectivity index (χ1v) is 11.4. The summed E-state index contributed by atoms with van der Waals surface area (Å²) < 4.78 is 8.33. The molecule has 0 aliphatic carbocycles. The number of hydrogen-bond donors (Lipinski definition) is 1. The van der Waals surface area contributed by atoms with E-state index in [4.69, 9.17) is 4.52 Å². The number of carbonyl (C=O) groups excluding carboxylic acids is 1. The highest BCUT2D eigenvalue weighted by molar-refractivity contribution is 7.99. The molecule has 0 spiro atoms. The van der Waals surface area contributed by atoms with E-state index in [0.29, 0.717) is 39.1 Å². The van der Waals surface area contributed by atoms with E-state index in [2.05, 4.69) is 27.6 Å². The second kappa shape index (κ2) is 8.55. The summed E-state index contributed by atoms with van der Waals surface area (Å²) in [5.41, 5.74) is 2.38. The predicted octanol–water partition coefficient (Wildman–Crippen LogP) is 3.62. The Morgan fingerprint density at radius 2 is 1.91 bits per heavy atom. The van der Waals surface area contributed by atoms with Crippen molar-refractivity contribution in [3.63, 3.8) is 0 Å². The van der Waals surface area contributed by atoms with Crippen LogP contribution in [0.15, 0.2) is 69.1 Å². The van der Waals surface area contributed by atoms with Gasteiger partial charge in [0, 0.05) is 6.07 Å². The second-order valence-corrected chi connectivity index (χ2v) is 8.40. The van der Waals surface area contributed by atoms with Gasteiger partial charge in [0.05, 0.1) is 22.3 Å². The van der Waals surface area contributed by atoms with Crippen molar-refractivity contribution in [2.45, 2.75) is 25.4 Å². The average molecular weight is 461 g/mol. The van der Waals surface area contributed by atoms with Gasteiger partial charge in [0.2, 0.25) is 11.7 Å². The lowest BCUT2D eigenvalue weighted by molar-refractivity contribution is -0.113. The van der Waals surface area contributed by atoms with Crippen LogP contribution in [0.1, 0.15) is 18.2 Å². The van der Waals surface area contributed by atoms with Crippen molar-refractivity contribution in [3.05, 3.63) is 76.3 Å². The highest BCUT2D eigenvalue weighted by atomic mass is 32.2. The number of aromatic nitrogens is 5. The van der Waals surface area contributed by atoms with Crippen LogP contribution in [0.25, 0.3) is 22.4 Å². The molecule has 0 aliphatic rings. The third-order valence-corrected chi connectivity index (χ3v) is 6.15. The number of para-hydroxylation sites is 1. The molecule has 9 nitrogen and oxygen atoms in total. The zero-order chi connectivity index (χ0) is 22.9. The lowest BCUT2D eigenvalue weighted by Gasteiger charge is -2.11. The molecule has 5 aromatic rings. The maximum Gasteiger partial charge on any atom is 0.267 e. The van der Waals surface area contributed by atoms with Gasteiger partial charge in [0.1, 0.15) is 5.76 Å². The van der Waals surface area contributed by atoms with Crippen molar-refractivity contribution >= 4 is 40.2 Å². The Balaban J connectivity index is 1.56. The number of nitrogens with zero attached hydrogens (tertiary/aromatic N) is 5. The molecule has 33 heavy (non-hydrogen) atoms. The van der Waals surface area contributed by atoms with Gasteiger partial charge in [-0.25, -0.2) is 4.57 Å². The highest BCUT2D eigenvalue weighted by Crippen LogP contribution is 2.23. The molecule has 3 aromatic heterocycles. The molecule has 3 heterocycles. The van der Waals surface area contributed by atoms with Crippen LogP contribution in [0.5, 0.6) is 0 Å². The molecule has 10 heteroatoms. The summed E-state index contributed by atoms with van der Waals surface area (Å²) >= 11 is 1.22. The Morgan fingerprint density at radius 1 is 1.12 bits per heavy atom. The Morgan fingerprint density at radius 3 is 2.64 bits per heavy atom. The van der Waals surface area contributed by atoms with Crippen molar-refractivity contribution in [1.82, 2.24) is 24.3 Å². The number of rotatable bonds is 6. The van der Waals surface area contributed by atoms with Crippen molar-refractivity contribution in [2.24, 2.45) is 0 Å². The number of hydrogen-bond acceptors (Lipinski definition) is 7. The summed E-state index contributed by atoms with van der Waals surface area (Å²) in [6, 6.07) is 16.8. The number of nitrogens with one attached hydrogen (secondary N) is 1. The first-order valence-electron chi connectivity index (χ1n) is 10.4. The fourth-order valence-corrected chi connectivity index (χ4v) is 4.36. The van der Waals surface area contributed by atoms with Crippen molar-refractivity contribution < 1.29 is 9.32 Å². The molecule has 166 valence electrons. The number of carbonyl (C=O) groups is 1.